The molecule has 0 aliphatic carbocycles. The van der Waals surface area contributed by atoms with Crippen LogP contribution in [0.5, 0.6) is 0 Å². The molecular weight excluding hydrogens is 1080 g/mol. The second-order valence-electron chi connectivity index (χ2n) is 20.5. The Kier molecular flexibility index (Phi) is 19.4. The molecule has 8 aromatic rings. The van der Waals surface area contributed by atoms with Gasteiger partial charge < -0.3 is 15.8 Å². The van der Waals surface area contributed by atoms with Crippen molar-refractivity contribution in [3.05, 3.63) is 136 Å². The quantitative estimate of drug-likeness (QED) is 0.102. The minimum Gasteiger partial charge on any atom is -0.382 e. The number of hydrogen-bond donors (Lipinski definition) is 3. The van der Waals surface area contributed by atoms with E-state index in [4.69, 9.17) is 38.8 Å². The van der Waals surface area contributed by atoms with Gasteiger partial charge in [0.2, 0.25) is 0 Å². The molecule has 4 aromatic carbocycles. The molecule has 7 heterocycles. The highest BCUT2D eigenvalue weighted by Gasteiger charge is 2.24. The van der Waals surface area contributed by atoms with E-state index in [0.29, 0.717) is 51.3 Å². The molecular formula is C59H69BrCl2F2N12O. The standard InChI is InChI=1S/C27H30ClFN6.C23H18BrClFN3O.C9H21N3/c1-18(2)35-11-9-34(10-12-35)8-7-30-22-14-20-13-19(3-6-26(20)31-16-22)24-17-32-33-27(24)23-15-21(28)4-5-25(23)29;24-16-10-15-9-14(4-7-21(15)27-12-16)19-13-29(22-3-1-2-8-30-22)28-23(19)18-11-17(25)5-6-20(18)26;1-9(2)12-7-5-11(4-3-10)6-8-12/h3-6,13-18,30H,7-12H2,1-2H3,(H,32,33);4-7,9-13,22H,1-3,8H2;9H,3-8,10H2,1-2H3. The molecule has 1 atom stereocenters. The first kappa shape index (κ1) is 56.3. The third-order valence-corrected chi connectivity index (χ3v) is 15.5. The fourth-order valence-corrected chi connectivity index (χ4v) is 10.9. The fraction of sp³-hybridized carbons (Fsp3) is 0.390. The SMILES string of the molecule is CC(C)N1CCN(CCN)CC1.CC(C)N1CCN(CCNc2cnc3ccc(-c4cn[nH]c4-c4cc(Cl)ccc4F)cc3c2)CC1.Fc1ccc(Cl)cc1-c1nn(C2CCCCO2)cc1-c1ccc2ncc(Br)cc2c1. The van der Waals surface area contributed by atoms with E-state index in [1.165, 1.54) is 44.4 Å². The Morgan fingerprint density at radius 2 is 1.29 bits per heavy atom. The summed E-state index contributed by atoms with van der Waals surface area (Å²) in [6, 6.07) is 26.5. The van der Waals surface area contributed by atoms with Gasteiger partial charge in [-0.3, -0.25) is 34.7 Å². The minimum atomic E-state index is -0.360. The monoisotopic (exact) mass is 1150 g/mol. The van der Waals surface area contributed by atoms with Gasteiger partial charge in [-0.25, -0.2) is 13.5 Å². The van der Waals surface area contributed by atoms with Crippen molar-refractivity contribution in [3.63, 3.8) is 0 Å². The van der Waals surface area contributed by atoms with Crippen LogP contribution in [0.4, 0.5) is 14.5 Å². The molecule has 4 N–H and O–H groups in total. The Morgan fingerprint density at radius 1 is 0.688 bits per heavy atom. The van der Waals surface area contributed by atoms with Crippen LogP contribution in [0.1, 0.15) is 53.2 Å². The number of aromatic nitrogens is 6. The van der Waals surface area contributed by atoms with Crippen molar-refractivity contribution in [2.75, 3.05) is 90.5 Å². The Labute approximate surface area is 469 Å². The van der Waals surface area contributed by atoms with E-state index in [1.54, 1.807) is 30.6 Å². The maximum absolute atomic E-state index is 14.8. The molecule has 3 fully saturated rings. The van der Waals surface area contributed by atoms with Crippen LogP contribution < -0.4 is 11.1 Å². The van der Waals surface area contributed by atoms with Gasteiger partial charge in [0.1, 0.15) is 23.6 Å². The van der Waals surface area contributed by atoms with Gasteiger partial charge in [0.05, 0.1) is 34.8 Å². The number of nitrogens with two attached hydrogens (primary N) is 1. The predicted octanol–water partition coefficient (Wildman–Crippen LogP) is 12.5. The number of piperazine rings is 2. The molecule has 4 aromatic heterocycles. The molecule has 0 saturated carbocycles. The molecule has 0 radical (unpaired) electrons. The number of fused-ring (bicyclic) bond motifs is 2. The first-order valence-corrected chi connectivity index (χ1v) is 28.3. The van der Waals surface area contributed by atoms with E-state index in [0.717, 1.165) is 126 Å². The van der Waals surface area contributed by atoms with Gasteiger partial charge in [-0.2, -0.15) is 10.2 Å². The largest absolute Gasteiger partial charge is 0.382 e. The lowest BCUT2D eigenvalue weighted by Gasteiger charge is -2.36. The Bertz CT molecular complexity index is 3220. The molecule has 0 amide bonds. The van der Waals surface area contributed by atoms with Crippen molar-refractivity contribution in [2.45, 2.75) is 65.3 Å². The summed E-state index contributed by atoms with van der Waals surface area (Å²) in [5.41, 5.74) is 13.7. The van der Waals surface area contributed by atoms with Crippen molar-refractivity contribution < 1.29 is 13.5 Å². The van der Waals surface area contributed by atoms with Gasteiger partial charge in [-0.05, 0) is 147 Å². The fourth-order valence-electron chi connectivity index (χ4n) is 10.2. The smallest absolute Gasteiger partial charge is 0.150 e. The summed E-state index contributed by atoms with van der Waals surface area (Å²) in [6.07, 6.45) is 10.2. The van der Waals surface area contributed by atoms with Crippen LogP contribution in [0.15, 0.2) is 114 Å². The summed E-state index contributed by atoms with van der Waals surface area (Å²) >= 11 is 15.8. The number of pyridine rings is 2. The van der Waals surface area contributed by atoms with Crippen molar-refractivity contribution in [1.29, 1.82) is 0 Å². The molecule has 3 saturated heterocycles. The van der Waals surface area contributed by atoms with E-state index >= 15 is 0 Å². The number of halogens is 5. The molecule has 13 nitrogen and oxygen atoms in total. The highest BCUT2D eigenvalue weighted by atomic mass is 79.9. The summed E-state index contributed by atoms with van der Waals surface area (Å²) in [7, 11) is 0. The van der Waals surface area contributed by atoms with Crippen LogP contribution in [0.2, 0.25) is 10.0 Å². The number of nitrogens with one attached hydrogen (secondary N) is 2. The van der Waals surface area contributed by atoms with Gasteiger partial charge in [-0.1, -0.05) is 35.3 Å². The highest BCUT2D eigenvalue weighted by molar-refractivity contribution is 9.10. The number of benzene rings is 4. The number of anilines is 1. The maximum atomic E-state index is 14.8. The summed E-state index contributed by atoms with van der Waals surface area (Å²) in [4.78, 5) is 19.1. The molecule has 406 valence electrons. The van der Waals surface area contributed by atoms with Crippen LogP contribution in [0.25, 0.3) is 66.6 Å². The third-order valence-electron chi connectivity index (χ3n) is 14.6. The Hall–Kier alpha value is -5.40. The average molecular weight is 1150 g/mol. The topological polar surface area (TPSA) is 133 Å². The van der Waals surface area contributed by atoms with Gasteiger partial charge in [0.15, 0.2) is 0 Å². The van der Waals surface area contributed by atoms with Crippen LogP contribution in [-0.4, -0.2) is 147 Å². The molecule has 0 bridgehead atoms. The molecule has 0 spiro atoms. The van der Waals surface area contributed by atoms with Crippen LogP contribution in [-0.2, 0) is 4.74 Å². The van der Waals surface area contributed by atoms with Gasteiger partial charge in [-0.15, -0.1) is 0 Å². The molecule has 77 heavy (non-hydrogen) atoms. The minimum absolute atomic E-state index is 0.148. The highest BCUT2D eigenvalue weighted by Crippen LogP contribution is 2.38. The Morgan fingerprint density at radius 3 is 1.91 bits per heavy atom. The lowest BCUT2D eigenvalue weighted by atomic mass is 10.00. The van der Waals surface area contributed by atoms with Crippen molar-refractivity contribution in [3.8, 4) is 44.8 Å². The first-order chi connectivity index (χ1) is 37.3. The average Bonchev–Trinajstić information content (AvgIpc) is 4.13. The zero-order chi connectivity index (χ0) is 54.0. The zero-order valence-electron chi connectivity index (χ0n) is 44.3. The van der Waals surface area contributed by atoms with Crippen molar-refractivity contribution >= 4 is 66.6 Å². The van der Waals surface area contributed by atoms with E-state index in [2.05, 4.69) is 101 Å². The van der Waals surface area contributed by atoms with E-state index in [9.17, 15) is 8.78 Å². The van der Waals surface area contributed by atoms with Crippen molar-refractivity contribution in [2.24, 2.45) is 5.73 Å². The molecule has 18 heteroatoms. The van der Waals surface area contributed by atoms with Crippen LogP contribution in [0.3, 0.4) is 0 Å². The van der Waals surface area contributed by atoms with E-state index < -0.39 is 0 Å². The first-order valence-electron chi connectivity index (χ1n) is 26.8. The number of hydrogen-bond acceptors (Lipinski definition) is 11. The lowest BCUT2D eigenvalue weighted by Crippen LogP contribution is -2.49. The summed E-state index contributed by atoms with van der Waals surface area (Å²) in [5, 5.41) is 18.3. The predicted molar refractivity (Wildman–Crippen MR) is 313 cm³/mol. The second kappa shape index (κ2) is 26.5. The van der Waals surface area contributed by atoms with Crippen LogP contribution in [0, 0.1) is 11.6 Å². The van der Waals surface area contributed by atoms with Gasteiger partial charge in [0, 0.05) is 157 Å². The summed E-state index contributed by atoms with van der Waals surface area (Å²) < 4.78 is 37.9. The number of rotatable bonds is 13. The van der Waals surface area contributed by atoms with Gasteiger partial charge in [0.25, 0.3) is 0 Å². The number of aromatic amines is 1. The lowest BCUT2D eigenvalue weighted by molar-refractivity contribution is -0.0393. The molecule has 1 unspecified atom stereocenters. The molecule has 11 rings (SSSR count). The Balaban J connectivity index is 0.000000156. The number of nitrogens with zero attached hydrogens (tertiary/aromatic N) is 9. The van der Waals surface area contributed by atoms with Crippen LogP contribution >= 0.6 is 39.1 Å². The number of H-pyrrole nitrogens is 1. The second-order valence-corrected chi connectivity index (χ2v) is 22.2. The zero-order valence-corrected chi connectivity index (χ0v) is 47.4. The van der Waals surface area contributed by atoms with E-state index in [1.807, 2.05) is 53.5 Å². The number of ether oxygens (including phenoxy) is 1. The summed E-state index contributed by atoms with van der Waals surface area (Å²) in [6.45, 7) is 22.8. The summed E-state index contributed by atoms with van der Waals surface area (Å²) in [5.74, 6) is -0.708. The normalized spacial score (nSPS) is 16.9. The molecule has 3 aliphatic heterocycles. The molecule has 3 aliphatic rings. The van der Waals surface area contributed by atoms with E-state index in [-0.39, 0.29) is 17.9 Å². The van der Waals surface area contributed by atoms with Gasteiger partial charge >= 0.3 is 0 Å². The third kappa shape index (κ3) is 14.5. The maximum Gasteiger partial charge on any atom is 0.150 e. The van der Waals surface area contributed by atoms with Crippen molar-refractivity contribution in [1.82, 2.24) is 49.5 Å².